The highest BCUT2D eigenvalue weighted by molar-refractivity contribution is 5.34. The molecule has 1 aromatic carbocycles. The summed E-state index contributed by atoms with van der Waals surface area (Å²) in [4.78, 5) is 13.2. The SMILES string of the molecule is COc1ccc(CN=C=O)cc1. The van der Waals surface area contributed by atoms with Gasteiger partial charge in [-0.2, -0.15) is 0 Å². The second-order valence-electron chi connectivity index (χ2n) is 2.26. The number of ether oxygens (including phenoxy) is 1. The van der Waals surface area contributed by atoms with Crippen molar-refractivity contribution in [1.29, 1.82) is 0 Å². The number of carbonyl (C=O) groups excluding carboxylic acids is 1. The van der Waals surface area contributed by atoms with E-state index < -0.39 is 0 Å². The first-order valence-electron chi connectivity index (χ1n) is 3.53. The van der Waals surface area contributed by atoms with Gasteiger partial charge in [0.1, 0.15) is 5.75 Å². The van der Waals surface area contributed by atoms with E-state index in [9.17, 15) is 4.79 Å². The van der Waals surface area contributed by atoms with Crippen LogP contribution in [0.1, 0.15) is 5.56 Å². The van der Waals surface area contributed by atoms with Crippen LogP contribution in [0, 0.1) is 0 Å². The number of rotatable bonds is 3. The average Bonchev–Trinajstić information content (AvgIpc) is 2.15. The van der Waals surface area contributed by atoms with Crippen LogP contribution in [0.4, 0.5) is 0 Å². The van der Waals surface area contributed by atoms with Crippen LogP contribution in [0.5, 0.6) is 5.75 Å². The van der Waals surface area contributed by atoms with Crippen LogP contribution in [-0.2, 0) is 11.3 Å². The maximum absolute atomic E-state index is 9.78. The van der Waals surface area contributed by atoms with Gasteiger partial charge in [0.2, 0.25) is 6.08 Å². The number of nitrogens with zero attached hydrogens (tertiary/aromatic N) is 1. The lowest BCUT2D eigenvalue weighted by Crippen LogP contribution is -1.84. The number of benzene rings is 1. The Labute approximate surface area is 70.7 Å². The topological polar surface area (TPSA) is 38.7 Å². The lowest BCUT2D eigenvalue weighted by molar-refractivity contribution is 0.414. The Morgan fingerprint density at radius 2 is 2.08 bits per heavy atom. The van der Waals surface area contributed by atoms with Crippen LogP contribution in [-0.4, -0.2) is 13.2 Å². The molecule has 0 saturated carbocycles. The number of methoxy groups -OCH3 is 1. The van der Waals surface area contributed by atoms with Crippen molar-refractivity contribution in [2.75, 3.05) is 7.11 Å². The maximum atomic E-state index is 9.78. The van der Waals surface area contributed by atoms with Gasteiger partial charge in [0.05, 0.1) is 13.7 Å². The van der Waals surface area contributed by atoms with Gasteiger partial charge in [-0.25, -0.2) is 9.79 Å². The molecule has 62 valence electrons. The highest BCUT2D eigenvalue weighted by Crippen LogP contribution is 2.11. The maximum Gasteiger partial charge on any atom is 0.235 e. The van der Waals surface area contributed by atoms with Crippen molar-refractivity contribution in [1.82, 2.24) is 0 Å². The average molecular weight is 163 g/mol. The second kappa shape index (κ2) is 4.31. The first-order valence-corrected chi connectivity index (χ1v) is 3.53. The van der Waals surface area contributed by atoms with Crippen LogP contribution in [0.2, 0.25) is 0 Å². The van der Waals surface area contributed by atoms with Crippen LogP contribution in [0.3, 0.4) is 0 Å². The molecule has 0 heterocycles. The largest absolute Gasteiger partial charge is 0.497 e. The number of hydrogen-bond acceptors (Lipinski definition) is 3. The van der Waals surface area contributed by atoms with Crippen molar-refractivity contribution in [3.63, 3.8) is 0 Å². The Morgan fingerprint density at radius 3 is 2.58 bits per heavy atom. The molecule has 0 unspecified atom stereocenters. The van der Waals surface area contributed by atoms with Gasteiger partial charge in [-0.1, -0.05) is 12.1 Å². The highest BCUT2D eigenvalue weighted by Gasteiger charge is 1.91. The van der Waals surface area contributed by atoms with Crippen LogP contribution in [0.25, 0.3) is 0 Å². The summed E-state index contributed by atoms with van der Waals surface area (Å²) < 4.78 is 4.97. The van der Waals surface area contributed by atoms with E-state index in [-0.39, 0.29) is 0 Å². The molecular formula is C9H9NO2. The summed E-state index contributed by atoms with van der Waals surface area (Å²) in [6, 6.07) is 7.38. The fourth-order valence-electron chi connectivity index (χ4n) is 0.855. The van der Waals surface area contributed by atoms with Crippen molar-refractivity contribution in [3.05, 3.63) is 29.8 Å². The standard InChI is InChI=1S/C9H9NO2/c1-12-9-4-2-8(3-5-9)6-10-7-11/h2-5H,6H2,1H3. The van der Waals surface area contributed by atoms with E-state index in [1.165, 1.54) is 6.08 Å². The number of isocyanates is 1. The molecule has 1 rings (SSSR count). The third-order valence-electron chi connectivity index (χ3n) is 1.49. The summed E-state index contributed by atoms with van der Waals surface area (Å²) >= 11 is 0. The third kappa shape index (κ3) is 2.22. The molecule has 0 aliphatic rings. The normalized spacial score (nSPS) is 8.75. The summed E-state index contributed by atoms with van der Waals surface area (Å²) in [7, 11) is 1.61. The molecule has 0 bridgehead atoms. The van der Waals surface area contributed by atoms with E-state index in [0.29, 0.717) is 6.54 Å². The van der Waals surface area contributed by atoms with Crippen LogP contribution < -0.4 is 4.74 Å². The summed E-state index contributed by atoms with van der Waals surface area (Å²) in [6.45, 7) is 0.382. The van der Waals surface area contributed by atoms with Gasteiger partial charge in [0.15, 0.2) is 0 Å². The Balaban J connectivity index is 2.70. The van der Waals surface area contributed by atoms with Gasteiger partial charge < -0.3 is 4.74 Å². The molecule has 3 nitrogen and oxygen atoms in total. The fraction of sp³-hybridized carbons (Fsp3) is 0.222. The Hall–Kier alpha value is -1.60. The summed E-state index contributed by atoms with van der Waals surface area (Å²) in [5, 5.41) is 0. The molecule has 0 saturated heterocycles. The molecule has 0 atom stereocenters. The minimum Gasteiger partial charge on any atom is -0.497 e. The zero-order valence-electron chi connectivity index (χ0n) is 6.78. The molecule has 0 N–H and O–H groups in total. The van der Waals surface area contributed by atoms with Crippen LogP contribution in [0.15, 0.2) is 29.3 Å². The molecule has 0 aliphatic carbocycles. The zero-order chi connectivity index (χ0) is 8.81. The van der Waals surface area contributed by atoms with Gasteiger partial charge in [-0.05, 0) is 17.7 Å². The minimum atomic E-state index is 0.382. The smallest absolute Gasteiger partial charge is 0.235 e. The van der Waals surface area contributed by atoms with Gasteiger partial charge in [0, 0.05) is 0 Å². The lowest BCUT2D eigenvalue weighted by Gasteiger charge is -1.99. The van der Waals surface area contributed by atoms with Crippen molar-refractivity contribution >= 4 is 6.08 Å². The van der Waals surface area contributed by atoms with E-state index in [0.717, 1.165) is 11.3 Å². The van der Waals surface area contributed by atoms with Crippen molar-refractivity contribution < 1.29 is 9.53 Å². The van der Waals surface area contributed by atoms with Crippen molar-refractivity contribution in [3.8, 4) is 5.75 Å². The van der Waals surface area contributed by atoms with E-state index in [1.807, 2.05) is 24.3 Å². The van der Waals surface area contributed by atoms with E-state index in [1.54, 1.807) is 7.11 Å². The summed E-state index contributed by atoms with van der Waals surface area (Å²) in [5.41, 5.74) is 0.971. The van der Waals surface area contributed by atoms with Gasteiger partial charge in [-0.3, -0.25) is 0 Å². The number of aliphatic imine (C=N–C) groups is 1. The molecule has 0 spiro atoms. The molecule has 0 amide bonds. The third-order valence-corrected chi connectivity index (χ3v) is 1.49. The van der Waals surface area contributed by atoms with Gasteiger partial charge in [-0.15, -0.1) is 0 Å². The van der Waals surface area contributed by atoms with Crippen LogP contribution >= 0.6 is 0 Å². The second-order valence-corrected chi connectivity index (χ2v) is 2.26. The van der Waals surface area contributed by atoms with Gasteiger partial charge in [0.25, 0.3) is 0 Å². The first kappa shape index (κ1) is 8.50. The van der Waals surface area contributed by atoms with Crippen molar-refractivity contribution in [2.24, 2.45) is 4.99 Å². The lowest BCUT2D eigenvalue weighted by atomic mass is 10.2. The van der Waals surface area contributed by atoms with E-state index in [2.05, 4.69) is 4.99 Å². The molecule has 3 heteroatoms. The Bertz CT molecular complexity index is 286. The quantitative estimate of drug-likeness (QED) is 0.500. The summed E-state index contributed by atoms with van der Waals surface area (Å²) in [5.74, 6) is 0.800. The number of hydrogen-bond donors (Lipinski definition) is 0. The minimum absolute atomic E-state index is 0.382. The van der Waals surface area contributed by atoms with E-state index in [4.69, 9.17) is 4.74 Å². The van der Waals surface area contributed by atoms with Crippen molar-refractivity contribution in [2.45, 2.75) is 6.54 Å². The fourth-order valence-corrected chi connectivity index (χ4v) is 0.855. The monoisotopic (exact) mass is 163 g/mol. The Kier molecular flexibility index (Phi) is 3.05. The molecule has 0 fully saturated rings. The molecule has 0 aromatic heterocycles. The highest BCUT2D eigenvalue weighted by atomic mass is 16.5. The Morgan fingerprint density at radius 1 is 1.42 bits per heavy atom. The molecule has 1 aromatic rings. The summed E-state index contributed by atoms with van der Waals surface area (Å²) in [6.07, 6.45) is 1.49. The molecular weight excluding hydrogens is 154 g/mol. The predicted molar refractivity (Wildman–Crippen MR) is 44.8 cm³/mol. The molecule has 12 heavy (non-hydrogen) atoms. The van der Waals surface area contributed by atoms with Gasteiger partial charge >= 0.3 is 0 Å². The van der Waals surface area contributed by atoms with E-state index >= 15 is 0 Å². The molecule has 0 aliphatic heterocycles. The first-order chi connectivity index (χ1) is 5.86. The predicted octanol–water partition coefficient (Wildman–Crippen LogP) is 1.53. The molecule has 0 radical (unpaired) electrons. The zero-order valence-corrected chi connectivity index (χ0v) is 6.78.